The molecule has 0 aliphatic rings. The van der Waals surface area contributed by atoms with Crippen LogP contribution in [0.25, 0.3) is 27.5 Å². The van der Waals surface area contributed by atoms with Gasteiger partial charge in [0.2, 0.25) is 0 Å². The van der Waals surface area contributed by atoms with Gasteiger partial charge in [-0.1, -0.05) is 13.0 Å². The number of carbonyl (C=O) groups excluding carboxylic acids is 1. The molecular formula is C22H24N6OS. The second-order valence-electron chi connectivity index (χ2n) is 7.11. The van der Waals surface area contributed by atoms with Crippen LogP contribution in [0, 0.1) is 0 Å². The summed E-state index contributed by atoms with van der Waals surface area (Å²) in [6.07, 6.45) is 6.34. The van der Waals surface area contributed by atoms with Crippen molar-refractivity contribution in [3.63, 3.8) is 0 Å². The standard InChI is InChI=1S/C22H24N6OS/c1-3-8-23-15(2)13-25-22(29)16-6-9-24-19(12-16)17-14-26-28-10-7-18(27-21(17)28)20-5-4-11-30-20/h4-7,9-12,14-15,23H,3,8,13H2,1-2H3,(H,25,29)/t15-/m0/s1. The molecule has 154 valence electrons. The molecule has 1 amide bonds. The Morgan fingerprint density at radius 1 is 1.27 bits per heavy atom. The summed E-state index contributed by atoms with van der Waals surface area (Å²) in [4.78, 5) is 22.9. The fourth-order valence-electron chi connectivity index (χ4n) is 3.14. The Balaban J connectivity index is 1.57. The van der Waals surface area contributed by atoms with E-state index in [9.17, 15) is 4.79 Å². The van der Waals surface area contributed by atoms with Gasteiger partial charge >= 0.3 is 0 Å². The number of aromatic nitrogens is 4. The van der Waals surface area contributed by atoms with E-state index in [1.165, 1.54) is 0 Å². The number of rotatable bonds is 8. The lowest BCUT2D eigenvalue weighted by atomic mass is 10.1. The van der Waals surface area contributed by atoms with E-state index in [0.717, 1.165) is 29.1 Å². The molecule has 2 N–H and O–H groups in total. The number of amides is 1. The van der Waals surface area contributed by atoms with Crippen LogP contribution in [-0.4, -0.2) is 44.6 Å². The van der Waals surface area contributed by atoms with Gasteiger partial charge in [-0.3, -0.25) is 9.78 Å². The zero-order chi connectivity index (χ0) is 20.9. The highest BCUT2D eigenvalue weighted by atomic mass is 32.1. The van der Waals surface area contributed by atoms with Gasteiger partial charge in [-0.25, -0.2) is 9.50 Å². The van der Waals surface area contributed by atoms with Crippen LogP contribution in [0.5, 0.6) is 0 Å². The molecule has 0 spiro atoms. The first kappa shape index (κ1) is 20.2. The van der Waals surface area contributed by atoms with Crippen molar-refractivity contribution in [2.75, 3.05) is 13.1 Å². The summed E-state index contributed by atoms with van der Waals surface area (Å²) in [5.74, 6) is -0.118. The third-order valence-corrected chi connectivity index (χ3v) is 5.64. The van der Waals surface area contributed by atoms with Gasteiger partial charge in [0.05, 0.1) is 28.0 Å². The fraction of sp³-hybridized carbons (Fsp3) is 0.273. The van der Waals surface area contributed by atoms with E-state index < -0.39 is 0 Å². The first-order valence-electron chi connectivity index (χ1n) is 10.0. The van der Waals surface area contributed by atoms with Crippen LogP contribution in [0.1, 0.15) is 30.6 Å². The Hall–Kier alpha value is -3.10. The summed E-state index contributed by atoms with van der Waals surface area (Å²) < 4.78 is 1.72. The van der Waals surface area contributed by atoms with Crippen LogP contribution in [0.2, 0.25) is 0 Å². The van der Waals surface area contributed by atoms with E-state index in [1.54, 1.807) is 40.4 Å². The predicted octanol–water partition coefficient (Wildman–Crippen LogP) is 3.64. The molecular weight excluding hydrogens is 396 g/mol. The van der Waals surface area contributed by atoms with E-state index in [-0.39, 0.29) is 11.9 Å². The highest BCUT2D eigenvalue weighted by Gasteiger charge is 2.14. The maximum absolute atomic E-state index is 12.6. The fourth-order valence-corrected chi connectivity index (χ4v) is 3.84. The summed E-state index contributed by atoms with van der Waals surface area (Å²) in [7, 11) is 0. The SMILES string of the molecule is CCCN[C@@H](C)CNC(=O)c1ccnc(-c2cnn3ccc(-c4cccs4)nc23)c1. The van der Waals surface area contributed by atoms with Gasteiger partial charge in [-0.05, 0) is 49.5 Å². The first-order valence-corrected chi connectivity index (χ1v) is 10.9. The number of carbonyl (C=O) groups is 1. The Bertz CT molecular complexity index is 1140. The van der Waals surface area contributed by atoms with Crippen molar-refractivity contribution in [1.82, 2.24) is 30.2 Å². The van der Waals surface area contributed by atoms with Crippen molar-refractivity contribution in [1.29, 1.82) is 0 Å². The van der Waals surface area contributed by atoms with Crippen molar-refractivity contribution in [2.24, 2.45) is 0 Å². The van der Waals surface area contributed by atoms with E-state index in [0.29, 0.717) is 23.4 Å². The van der Waals surface area contributed by atoms with E-state index in [1.807, 2.05) is 29.8 Å². The molecule has 0 aliphatic heterocycles. The number of hydrogen-bond acceptors (Lipinski definition) is 6. The monoisotopic (exact) mass is 420 g/mol. The molecule has 0 radical (unpaired) electrons. The Kier molecular flexibility index (Phi) is 6.15. The molecule has 30 heavy (non-hydrogen) atoms. The minimum atomic E-state index is -0.118. The summed E-state index contributed by atoms with van der Waals surface area (Å²) in [6.45, 7) is 5.68. The number of fused-ring (bicyclic) bond motifs is 1. The lowest BCUT2D eigenvalue weighted by molar-refractivity contribution is 0.0950. The minimum absolute atomic E-state index is 0.118. The number of hydrogen-bond donors (Lipinski definition) is 2. The zero-order valence-corrected chi connectivity index (χ0v) is 17.8. The lowest BCUT2D eigenvalue weighted by Gasteiger charge is -2.14. The van der Waals surface area contributed by atoms with E-state index in [4.69, 9.17) is 4.98 Å². The van der Waals surface area contributed by atoms with Gasteiger partial charge in [-0.15, -0.1) is 11.3 Å². The molecule has 8 heteroatoms. The van der Waals surface area contributed by atoms with Crippen LogP contribution < -0.4 is 10.6 Å². The van der Waals surface area contributed by atoms with Gasteiger partial charge in [0.15, 0.2) is 5.65 Å². The average Bonchev–Trinajstić information content (AvgIpc) is 3.45. The van der Waals surface area contributed by atoms with E-state index >= 15 is 0 Å². The molecule has 4 heterocycles. The topological polar surface area (TPSA) is 84.2 Å². The van der Waals surface area contributed by atoms with Gasteiger partial charge in [-0.2, -0.15) is 5.10 Å². The Morgan fingerprint density at radius 3 is 2.97 bits per heavy atom. The highest BCUT2D eigenvalue weighted by molar-refractivity contribution is 7.13. The molecule has 0 saturated heterocycles. The molecule has 0 aliphatic carbocycles. The van der Waals surface area contributed by atoms with Crippen molar-refractivity contribution < 1.29 is 4.79 Å². The van der Waals surface area contributed by atoms with Gasteiger partial charge in [0.1, 0.15) is 0 Å². The van der Waals surface area contributed by atoms with Crippen molar-refractivity contribution in [2.45, 2.75) is 26.3 Å². The smallest absolute Gasteiger partial charge is 0.251 e. The van der Waals surface area contributed by atoms with Crippen LogP contribution in [-0.2, 0) is 0 Å². The molecule has 1 atom stereocenters. The quantitative estimate of drug-likeness (QED) is 0.455. The Labute approximate surface area is 179 Å². The van der Waals surface area contributed by atoms with Gasteiger partial charge < -0.3 is 10.6 Å². The minimum Gasteiger partial charge on any atom is -0.350 e. The maximum atomic E-state index is 12.6. The van der Waals surface area contributed by atoms with Crippen LogP contribution >= 0.6 is 11.3 Å². The normalized spacial score (nSPS) is 12.2. The van der Waals surface area contributed by atoms with Crippen LogP contribution in [0.4, 0.5) is 0 Å². The molecule has 4 aromatic rings. The third kappa shape index (κ3) is 4.39. The summed E-state index contributed by atoms with van der Waals surface area (Å²) in [5.41, 5.74) is 3.63. The van der Waals surface area contributed by atoms with Crippen LogP contribution in [0.3, 0.4) is 0 Å². The average molecular weight is 421 g/mol. The van der Waals surface area contributed by atoms with E-state index in [2.05, 4.69) is 34.6 Å². The zero-order valence-electron chi connectivity index (χ0n) is 17.0. The first-order chi connectivity index (χ1) is 14.7. The number of pyridine rings is 1. The summed E-state index contributed by atoms with van der Waals surface area (Å²) >= 11 is 1.64. The molecule has 7 nitrogen and oxygen atoms in total. The van der Waals surface area contributed by atoms with Gasteiger partial charge in [0, 0.05) is 30.5 Å². The largest absolute Gasteiger partial charge is 0.350 e. The maximum Gasteiger partial charge on any atom is 0.251 e. The number of thiophene rings is 1. The van der Waals surface area contributed by atoms with Gasteiger partial charge in [0.25, 0.3) is 5.91 Å². The highest BCUT2D eigenvalue weighted by Crippen LogP contribution is 2.27. The molecule has 0 saturated carbocycles. The second kappa shape index (κ2) is 9.15. The predicted molar refractivity (Wildman–Crippen MR) is 120 cm³/mol. The van der Waals surface area contributed by atoms with Crippen molar-refractivity contribution in [3.8, 4) is 21.8 Å². The molecule has 0 aromatic carbocycles. The molecule has 0 fully saturated rings. The Morgan fingerprint density at radius 2 is 2.17 bits per heavy atom. The van der Waals surface area contributed by atoms with Crippen molar-refractivity contribution in [3.05, 3.63) is 59.9 Å². The number of nitrogens with zero attached hydrogens (tertiary/aromatic N) is 4. The summed E-state index contributed by atoms with van der Waals surface area (Å²) in [5, 5.41) is 12.8. The molecule has 4 rings (SSSR count). The summed E-state index contributed by atoms with van der Waals surface area (Å²) in [6, 6.07) is 9.72. The number of nitrogens with one attached hydrogen (secondary N) is 2. The lowest BCUT2D eigenvalue weighted by Crippen LogP contribution is -2.39. The van der Waals surface area contributed by atoms with Crippen LogP contribution in [0.15, 0.2) is 54.3 Å². The van der Waals surface area contributed by atoms with Crippen molar-refractivity contribution >= 4 is 22.9 Å². The third-order valence-electron chi connectivity index (χ3n) is 4.75. The molecule has 4 aromatic heterocycles. The second-order valence-corrected chi connectivity index (χ2v) is 8.06. The molecule has 0 bridgehead atoms. The molecule has 0 unspecified atom stereocenters.